The lowest BCUT2D eigenvalue weighted by molar-refractivity contribution is -0.131. The molecule has 2 aromatic carbocycles. The van der Waals surface area contributed by atoms with Crippen LogP contribution >= 0.6 is 11.3 Å². The van der Waals surface area contributed by atoms with Crippen LogP contribution in [0.5, 0.6) is 0 Å². The van der Waals surface area contributed by atoms with Crippen LogP contribution in [0.25, 0.3) is 21.1 Å². The first-order valence-corrected chi connectivity index (χ1v) is 9.38. The predicted molar refractivity (Wildman–Crippen MR) is 107 cm³/mol. The van der Waals surface area contributed by atoms with Crippen LogP contribution in [-0.2, 0) is 17.9 Å². The normalized spacial score (nSPS) is 11.2. The summed E-state index contributed by atoms with van der Waals surface area (Å²) in [5.41, 5.74) is 2.35. The van der Waals surface area contributed by atoms with Crippen molar-refractivity contribution in [1.82, 2.24) is 19.4 Å². The van der Waals surface area contributed by atoms with Gasteiger partial charge in [0.25, 0.3) is 5.56 Å². The molecule has 2 heterocycles. The van der Waals surface area contributed by atoms with E-state index in [0.717, 1.165) is 20.8 Å². The quantitative estimate of drug-likeness (QED) is 0.547. The lowest BCUT2D eigenvalue weighted by Gasteiger charge is -2.16. The van der Waals surface area contributed by atoms with Crippen LogP contribution in [0.2, 0.25) is 0 Å². The van der Waals surface area contributed by atoms with Crippen molar-refractivity contribution in [3.63, 3.8) is 0 Å². The van der Waals surface area contributed by atoms with Gasteiger partial charge in [0.05, 0.1) is 34.0 Å². The van der Waals surface area contributed by atoms with Crippen LogP contribution in [0.4, 0.5) is 0 Å². The van der Waals surface area contributed by atoms with Crippen molar-refractivity contribution < 1.29 is 4.79 Å². The molecule has 0 N–H and O–H groups in total. The molecule has 0 aliphatic heterocycles. The molecule has 27 heavy (non-hydrogen) atoms. The first-order chi connectivity index (χ1) is 13.0. The monoisotopic (exact) mass is 378 g/mol. The molecule has 6 nitrogen and oxygen atoms in total. The second kappa shape index (κ2) is 6.92. The van der Waals surface area contributed by atoms with Crippen molar-refractivity contribution in [3.8, 4) is 0 Å². The Morgan fingerprint density at radius 1 is 1.19 bits per heavy atom. The number of para-hydroxylation sites is 2. The molecule has 0 aliphatic carbocycles. The summed E-state index contributed by atoms with van der Waals surface area (Å²) in [6.45, 7) is 2.28. The highest BCUT2D eigenvalue weighted by Crippen LogP contribution is 2.22. The molecule has 2 aromatic heterocycles. The zero-order valence-corrected chi connectivity index (χ0v) is 15.9. The van der Waals surface area contributed by atoms with Gasteiger partial charge < -0.3 is 4.90 Å². The van der Waals surface area contributed by atoms with E-state index in [0.29, 0.717) is 17.4 Å². The highest BCUT2D eigenvalue weighted by Gasteiger charge is 2.15. The molecule has 0 saturated carbocycles. The van der Waals surface area contributed by atoms with Crippen LogP contribution in [0.1, 0.15) is 10.6 Å². The second-order valence-corrected chi connectivity index (χ2v) is 7.59. The van der Waals surface area contributed by atoms with Crippen molar-refractivity contribution in [2.45, 2.75) is 20.0 Å². The van der Waals surface area contributed by atoms with E-state index in [4.69, 9.17) is 0 Å². The lowest BCUT2D eigenvalue weighted by Crippen LogP contribution is -2.33. The maximum absolute atomic E-state index is 12.7. The third kappa shape index (κ3) is 3.33. The summed E-state index contributed by atoms with van der Waals surface area (Å²) in [6.07, 6.45) is 1.45. The Balaban J connectivity index is 1.54. The molecule has 7 heteroatoms. The smallest absolute Gasteiger partial charge is 0.261 e. The van der Waals surface area contributed by atoms with Crippen LogP contribution in [0, 0.1) is 6.92 Å². The first kappa shape index (κ1) is 17.4. The Labute approximate surface area is 159 Å². The number of carbonyl (C=O) groups is 1. The number of fused-ring (bicyclic) bond motifs is 2. The zero-order chi connectivity index (χ0) is 19.0. The molecule has 0 unspecified atom stereocenters. The fraction of sp³-hybridized carbons (Fsp3) is 0.200. The molecular formula is C20H18N4O2S. The third-order valence-electron chi connectivity index (χ3n) is 4.50. The van der Waals surface area contributed by atoms with E-state index in [2.05, 4.69) is 9.97 Å². The molecule has 4 aromatic rings. The Kier molecular flexibility index (Phi) is 4.45. The Morgan fingerprint density at radius 2 is 2.00 bits per heavy atom. The van der Waals surface area contributed by atoms with Gasteiger partial charge in [0.15, 0.2) is 0 Å². The van der Waals surface area contributed by atoms with Crippen molar-refractivity contribution in [2.24, 2.45) is 0 Å². The number of hydrogen-bond donors (Lipinski definition) is 0. The molecule has 136 valence electrons. The number of thiazole rings is 1. The zero-order valence-electron chi connectivity index (χ0n) is 15.0. The van der Waals surface area contributed by atoms with E-state index in [-0.39, 0.29) is 18.0 Å². The molecule has 0 bridgehead atoms. The summed E-state index contributed by atoms with van der Waals surface area (Å²) in [7, 11) is 1.72. The molecule has 4 rings (SSSR count). The number of rotatable bonds is 4. The summed E-state index contributed by atoms with van der Waals surface area (Å²) >= 11 is 1.57. The summed E-state index contributed by atoms with van der Waals surface area (Å²) in [5.74, 6) is -0.162. The van der Waals surface area contributed by atoms with Crippen LogP contribution < -0.4 is 5.56 Å². The number of hydrogen-bond acceptors (Lipinski definition) is 5. The summed E-state index contributed by atoms with van der Waals surface area (Å²) in [6, 6.07) is 13.4. The van der Waals surface area contributed by atoms with Gasteiger partial charge in [-0.25, -0.2) is 9.97 Å². The minimum Gasteiger partial charge on any atom is -0.337 e. The van der Waals surface area contributed by atoms with Crippen LogP contribution in [0.3, 0.4) is 0 Å². The highest BCUT2D eigenvalue weighted by molar-refractivity contribution is 7.18. The number of aryl methyl sites for hydroxylation is 1. The molecule has 1 amide bonds. The van der Waals surface area contributed by atoms with Crippen molar-refractivity contribution in [2.75, 3.05) is 7.05 Å². The van der Waals surface area contributed by atoms with E-state index in [1.807, 2.05) is 43.3 Å². The van der Waals surface area contributed by atoms with E-state index in [9.17, 15) is 9.59 Å². The van der Waals surface area contributed by atoms with Gasteiger partial charge in [-0.1, -0.05) is 24.3 Å². The maximum atomic E-state index is 12.7. The van der Waals surface area contributed by atoms with Crippen LogP contribution in [0.15, 0.2) is 53.6 Å². The summed E-state index contributed by atoms with van der Waals surface area (Å²) in [5, 5.41) is 1.39. The Hall–Kier alpha value is -3.06. The number of amides is 1. The summed E-state index contributed by atoms with van der Waals surface area (Å²) in [4.78, 5) is 35.7. The van der Waals surface area contributed by atoms with Crippen molar-refractivity contribution in [3.05, 3.63) is 69.7 Å². The average molecular weight is 378 g/mol. The molecule has 0 atom stereocenters. The minimum atomic E-state index is -0.203. The topological polar surface area (TPSA) is 68.1 Å². The van der Waals surface area contributed by atoms with Gasteiger partial charge in [-0.15, -0.1) is 11.3 Å². The molecule has 0 saturated heterocycles. The predicted octanol–water partition coefficient (Wildman–Crippen LogP) is 2.97. The molecule has 0 aliphatic rings. The molecular weight excluding hydrogens is 360 g/mol. The number of aromatic nitrogens is 3. The van der Waals surface area contributed by atoms with Gasteiger partial charge >= 0.3 is 0 Å². The minimum absolute atomic E-state index is 0.0445. The van der Waals surface area contributed by atoms with Gasteiger partial charge in [-0.3, -0.25) is 14.2 Å². The van der Waals surface area contributed by atoms with Gasteiger partial charge in [0, 0.05) is 7.05 Å². The van der Waals surface area contributed by atoms with Crippen molar-refractivity contribution >= 4 is 38.4 Å². The number of nitrogens with zero attached hydrogens (tertiary/aromatic N) is 4. The first-order valence-electron chi connectivity index (χ1n) is 8.56. The van der Waals surface area contributed by atoms with Crippen molar-refractivity contribution in [1.29, 1.82) is 0 Å². The maximum Gasteiger partial charge on any atom is 0.261 e. The number of likely N-dealkylation sites (N-methyl/N-ethyl adjacent to an activating group) is 1. The van der Waals surface area contributed by atoms with E-state index in [1.54, 1.807) is 29.4 Å². The Bertz CT molecular complexity index is 1180. The van der Waals surface area contributed by atoms with Crippen LogP contribution in [-0.4, -0.2) is 32.4 Å². The standard InChI is InChI=1S/C20H18N4O2S/c1-13-6-5-7-14-19(13)21-12-24(20(14)26)11-18(25)23(2)10-17-22-15-8-3-4-9-16(15)27-17/h3-9,12H,10-11H2,1-2H3. The fourth-order valence-electron chi connectivity index (χ4n) is 3.00. The van der Waals surface area contributed by atoms with Gasteiger partial charge in [0.2, 0.25) is 5.91 Å². The highest BCUT2D eigenvalue weighted by atomic mass is 32.1. The van der Waals surface area contributed by atoms with E-state index in [1.165, 1.54) is 10.9 Å². The fourth-order valence-corrected chi connectivity index (χ4v) is 4.02. The largest absolute Gasteiger partial charge is 0.337 e. The van der Waals surface area contributed by atoms with Gasteiger partial charge in [-0.2, -0.15) is 0 Å². The third-order valence-corrected chi connectivity index (χ3v) is 5.52. The average Bonchev–Trinajstić information content (AvgIpc) is 3.06. The lowest BCUT2D eigenvalue weighted by atomic mass is 10.1. The molecule has 0 radical (unpaired) electrons. The SMILES string of the molecule is Cc1cccc2c(=O)n(CC(=O)N(C)Cc3nc4ccccc4s3)cnc12. The van der Waals surface area contributed by atoms with E-state index >= 15 is 0 Å². The van der Waals surface area contributed by atoms with Gasteiger partial charge in [-0.05, 0) is 30.7 Å². The number of benzene rings is 2. The second-order valence-electron chi connectivity index (χ2n) is 6.47. The molecule has 0 fully saturated rings. The Morgan fingerprint density at radius 3 is 2.81 bits per heavy atom. The molecule has 0 spiro atoms. The van der Waals surface area contributed by atoms with Gasteiger partial charge in [0.1, 0.15) is 11.6 Å². The van der Waals surface area contributed by atoms with E-state index < -0.39 is 0 Å². The number of carbonyl (C=O) groups excluding carboxylic acids is 1. The summed E-state index contributed by atoms with van der Waals surface area (Å²) < 4.78 is 2.46.